The molecule has 18 heavy (non-hydrogen) atoms. The summed E-state index contributed by atoms with van der Waals surface area (Å²) >= 11 is 0. The molecule has 0 fully saturated rings. The van der Waals surface area contributed by atoms with E-state index in [0.717, 1.165) is 45.8 Å². The maximum absolute atomic E-state index is 5.77. The molecule has 5 heteroatoms. The Morgan fingerprint density at radius 2 is 2.11 bits per heavy atom. The van der Waals surface area contributed by atoms with Gasteiger partial charge in [0.15, 0.2) is 5.96 Å². The number of nitrogens with one attached hydrogen (secondary N) is 1. The molecule has 0 amide bonds. The van der Waals surface area contributed by atoms with E-state index >= 15 is 0 Å². The zero-order chi connectivity index (χ0) is 13.8. The molecule has 0 radical (unpaired) electrons. The van der Waals surface area contributed by atoms with E-state index in [-0.39, 0.29) is 0 Å². The van der Waals surface area contributed by atoms with Gasteiger partial charge in [-0.05, 0) is 33.7 Å². The molecule has 5 nitrogen and oxygen atoms in total. The van der Waals surface area contributed by atoms with Crippen LogP contribution in [0.2, 0.25) is 0 Å². The van der Waals surface area contributed by atoms with Gasteiger partial charge < -0.3 is 15.8 Å². The van der Waals surface area contributed by atoms with Crippen LogP contribution in [0.15, 0.2) is 4.99 Å². The molecule has 0 aromatic heterocycles. The summed E-state index contributed by atoms with van der Waals surface area (Å²) in [5.41, 5.74) is 5.77. The SMILES string of the molecule is CCOCCCN=C(N)NCCN(CC)C(C)C. The van der Waals surface area contributed by atoms with Crippen molar-refractivity contribution >= 4 is 5.96 Å². The fourth-order valence-corrected chi connectivity index (χ4v) is 1.68. The first-order chi connectivity index (χ1) is 8.61. The molecule has 0 atom stereocenters. The summed E-state index contributed by atoms with van der Waals surface area (Å²) in [5.74, 6) is 0.534. The standard InChI is InChI=1S/C13H30N4O/c1-5-17(12(3)4)10-9-16-13(14)15-8-7-11-18-6-2/h12H,5-11H2,1-4H3,(H3,14,15,16). The van der Waals surface area contributed by atoms with Crippen LogP contribution < -0.4 is 11.1 Å². The second kappa shape index (κ2) is 11.3. The highest BCUT2D eigenvalue weighted by Gasteiger charge is 2.05. The largest absolute Gasteiger partial charge is 0.382 e. The third-order valence-corrected chi connectivity index (χ3v) is 2.77. The zero-order valence-electron chi connectivity index (χ0n) is 12.4. The van der Waals surface area contributed by atoms with Crippen molar-refractivity contribution in [1.29, 1.82) is 0 Å². The Kier molecular flexibility index (Phi) is 10.8. The van der Waals surface area contributed by atoms with Gasteiger partial charge in [0.1, 0.15) is 0 Å². The van der Waals surface area contributed by atoms with Crippen LogP contribution in [0, 0.1) is 0 Å². The lowest BCUT2D eigenvalue weighted by Gasteiger charge is -2.24. The molecule has 0 aromatic carbocycles. The van der Waals surface area contributed by atoms with E-state index in [1.807, 2.05) is 6.92 Å². The normalized spacial score (nSPS) is 12.4. The number of guanidine groups is 1. The van der Waals surface area contributed by atoms with Gasteiger partial charge in [0.05, 0.1) is 0 Å². The van der Waals surface area contributed by atoms with Crippen molar-refractivity contribution in [2.75, 3.05) is 39.4 Å². The van der Waals surface area contributed by atoms with Crippen LogP contribution in [0.3, 0.4) is 0 Å². The number of likely N-dealkylation sites (N-methyl/N-ethyl adjacent to an activating group) is 1. The van der Waals surface area contributed by atoms with Gasteiger partial charge in [-0.25, -0.2) is 0 Å². The maximum atomic E-state index is 5.77. The quantitative estimate of drug-likeness (QED) is 0.349. The molecule has 108 valence electrons. The van der Waals surface area contributed by atoms with Gasteiger partial charge in [-0.15, -0.1) is 0 Å². The predicted octanol–water partition coefficient (Wildman–Crippen LogP) is 1.05. The summed E-state index contributed by atoms with van der Waals surface area (Å²) in [7, 11) is 0. The summed E-state index contributed by atoms with van der Waals surface area (Å²) in [6.07, 6.45) is 0.920. The molecule has 0 saturated heterocycles. The molecular formula is C13H30N4O. The van der Waals surface area contributed by atoms with Crippen LogP contribution in [-0.4, -0.2) is 56.3 Å². The molecule has 0 bridgehead atoms. The van der Waals surface area contributed by atoms with Gasteiger partial charge in [-0.3, -0.25) is 9.89 Å². The number of aliphatic imine (C=N–C) groups is 1. The zero-order valence-corrected chi connectivity index (χ0v) is 12.4. The summed E-state index contributed by atoms with van der Waals surface area (Å²) in [4.78, 5) is 6.63. The van der Waals surface area contributed by atoms with Crippen molar-refractivity contribution in [2.24, 2.45) is 10.7 Å². The fraction of sp³-hybridized carbons (Fsp3) is 0.923. The van der Waals surface area contributed by atoms with Gasteiger partial charge in [0.25, 0.3) is 0 Å². The third kappa shape index (κ3) is 9.24. The van der Waals surface area contributed by atoms with Gasteiger partial charge in [0.2, 0.25) is 0 Å². The first-order valence-electron chi connectivity index (χ1n) is 6.97. The van der Waals surface area contributed by atoms with Crippen LogP contribution in [0.1, 0.15) is 34.1 Å². The van der Waals surface area contributed by atoms with Crippen molar-refractivity contribution in [1.82, 2.24) is 10.2 Å². The number of hydrogen-bond acceptors (Lipinski definition) is 3. The lowest BCUT2D eigenvalue weighted by molar-refractivity contribution is 0.146. The number of nitrogens with two attached hydrogens (primary N) is 1. The number of hydrogen-bond donors (Lipinski definition) is 2. The van der Waals surface area contributed by atoms with Crippen LogP contribution >= 0.6 is 0 Å². The fourth-order valence-electron chi connectivity index (χ4n) is 1.68. The van der Waals surface area contributed by atoms with Crippen LogP contribution in [-0.2, 0) is 4.74 Å². The van der Waals surface area contributed by atoms with Crippen LogP contribution in [0.5, 0.6) is 0 Å². The maximum Gasteiger partial charge on any atom is 0.188 e. The molecule has 0 spiro atoms. The highest BCUT2D eigenvalue weighted by molar-refractivity contribution is 5.77. The summed E-state index contributed by atoms with van der Waals surface area (Å²) in [6, 6.07) is 0.571. The Balaban J connectivity index is 3.62. The topological polar surface area (TPSA) is 62.9 Å². The monoisotopic (exact) mass is 258 g/mol. The number of nitrogens with zero attached hydrogens (tertiary/aromatic N) is 2. The van der Waals surface area contributed by atoms with Gasteiger partial charge in [-0.2, -0.15) is 0 Å². The molecule has 0 rings (SSSR count). The molecule has 3 N–H and O–H groups in total. The highest BCUT2D eigenvalue weighted by Crippen LogP contribution is 1.95. The second-order valence-corrected chi connectivity index (χ2v) is 4.47. The Hall–Kier alpha value is -0.810. The van der Waals surface area contributed by atoms with Gasteiger partial charge in [0, 0.05) is 38.9 Å². The molecule has 0 heterocycles. The lowest BCUT2D eigenvalue weighted by Crippen LogP contribution is -2.41. The summed E-state index contributed by atoms with van der Waals surface area (Å²) < 4.78 is 5.23. The smallest absolute Gasteiger partial charge is 0.188 e. The van der Waals surface area contributed by atoms with Crippen molar-refractivity contribution in [3.05, 3.63) is 0 Å². The van der Waals surface area contributed by atoms with E-state index in [2.05, 4.69) is 36.0 Å². The lowest BCUT2D eigenvalue weighted by atomic mass is 10.3. The minimum atomic E-state index is 0.534. The minimum Gasteiger partial charge on any atom is -0.382 e. The van der Waals surface area contributed by atoms with E-state index in [1.54, 1.807) is 0 Å². The molecule has 0 aliphatic heterocycles. The van der Waals surface area contributed by atoms with E-state index in [1.165, 1.54) is 0 Å². The summed E-state index contributed by atoms with van der Waals surface area (Å²) in [5, 5.41) is 3.14. The molecule has 0 aliphatic rings. The summed E-state index contributed by atoms with van der Waals surface area (Å²) in [6.45, 7) is 13.7. The highest BCUT2D eigenvalue weighted by atomic mass is 16.5. The van der Waals surface area contributed by atoms with Crippen molar-refractivity contribution in [3.63, 3.8) is 0 Å². The van der Waals surface area contributed by atoms with Crippen molar-refractivity contribution in [3.8, 4) is 0 Å². The van der Waals surface area contributed by atoms with Gasteiger partial charge in [-0.1, -0.05) is 6.92 Å². The second-order valence-electron chi connectivity index (χ2n) is 4.47. The Morgan fingerprint density at radius 3 is 2.67 bits per heavy atom. The average molecular weight is 258 g/mol. The number of rotatable bonds is 10. The minimum absolute atomic E-state index is 0.534. The van der Waals surface area contributed by atoms with Gasteiger partial charge >= 0.3 is 0 Å². The van der Waals surface area contributed by atoms with E-state index in [0.29, 0.717) is 12.0 Å². The van der Waals surface area contributed by atoms with Crippen molar-refractivity contribution in [2.45, 2.75) is 40.2 Å². The predicted molar refractivity (Wildman–Crippen MR) is 78.0 cm³/mol. The number of ether oxygens (including phenoxy) is 1. The van der Waals surface area contributed by atoms with E-state index in [4.69, 9.17) is 10.5 Å². The molecule has 0 saturated carbocycles. The molecule has 0 aromatic rings. The molecule has 0 unspecified atom stereocenters. The first-order valence-corrected chi connectivity index (χ1v) is 6.97. The van der Waals surface area contributed by atoms with Crippen LogP contribution in [0.25, 0.3) is 0 Å². The van der Waals surface area contributed by atoms with E-state index < -0.39 is 0 Å². The Bertz CT molecular complexity index is 219. The van der Waals surface area contributed by atoms with E-state index in [9.17, 15) is 0 Å². The Morgan fingerprint density at radius 1 is 1.39 bits per heavy atom. The molecular weight excluding hydrogens is 228 g/mol. The average Bonchev–Trinajstić information content (AvgIpc) is 2.34. The molecule has 0 aliphatic carbocycles. The Labute approximate surface area is 112 Å². The third-order valence-electron chi connectivity index (χ3n) is 2.77. The van der Waals surface area contributed by atoms with Crippen molar-refractivity contribution < 1.29 is 4.74 Å². The van der Waals surface area contributed by atoms with Crippen LogP contribution in [0.4, 0.5) is 0 Å². The first kappa shape index (κ1) is 17.2.